The molecular formula is C12H19NO6. The predicted octanol–water partition coefficient (Wildman–Crippen LogP) is 0.977. The molecule has 7 nitrogen and oxygen atoms in total. The van der Waals surface area contributed by atoms with Crippen LogP contribution in [-0.4, -0.2) is 47.8 Å². The zero-order valence-electron chi connectivity index (χ0n) is 11.7. The van der Waals surface area contributed by atoms with Crippen LogP contribution in [-0.2, 0) is 19.0 Å². The Morgan fingerprint density at radius 2 is 2.05 bits per heavy atom. The first-order chi connectivity index (χ1) is 8.75. The van der Waals surface area contributed by atoms with Gasteiger partial charge in [-0.2, -0.15) is 0 Å². The first-order valence-electron chi connectivity index (χ1n) is 5.84. The van der Waals surface area contributed by atoms with Gasteiger partial charge in [-0.15, -0.1) is 0 Å². The minimum Gasteiger partial charge on any atom is -0.464 e. The van der Waals surface area contributed by atoms with E-state index in [1.807, 2.05) is 0 Å². The molecule has 0 saturated carbocycles. The topological polar surface area (TPSA) is 85.3 Å². The summed E-state index contributed by atoms with van der Waals surface area (Å²) in [7, 11) is 2.49. The second-order valence-electron chi connectivity index (χ2n) is 4.36. The van der Waals surface area contributed by atoms with E-state index in [2.05, 4.69) is 4.74 Å². The first-order valence-corrected chi connectivity index (χ1v) is 5.84. The third-order valence-electron chi connectivity index (χ3n) is 3.18. The fraction of sp³-hybridized carbons (Fsp3) is 0.667. The maximum atomic E-state index is 11.9. The van der Waals surface area contributed by atoms with E-state index < -0.39 is 23.6 Å². The zero-order valence-corrected chi connectivity index (χ0v) is 11.7. The van der Waals surface area contributed by atoms with Crippen LogP contribution in [0.25, 0.3) is 0 Å². The fourth-order valence-electron chi connectivity index (χ4n) is 1.82. The molecule has 0 aromatic heterocycles. The third-order valence-corrected chi connectivity index (χ3v) is 3.18. The molecule has 108 valence electrons. The van der Waals surface area contributed by atoms with Crippen molar-refractivity contribution in [3.05, 3.63) is 11.8 Å². The lowest BCUT2D eigenvalue weighted by Gasteiger charge is -2.35. The maximum Gasteiger partial charge on any atom is 0.419 e. The second-order valence-corrected chi connectivity index (χ2v) is 4.36. The van der Waals surface area contributed by atoms with Crippen LogP contribution in [0, 0.1) is 0 Å². The van der Waals surface area contributed by atoms with Gasteiger partial charge in [-0.3, -0.25) is 0 Å². The fourth-order valence-corrected chi connectivity index (χ4v) is 1.82. The number of aliphatic hydroxyl groups is 1. The molecule has 2 atom stereocenters. The number of carbonyl (C=O) groups excluding carboxylic acids is 2. The lowest BCUT2D eigenvalue weighted by atomic mass is 10.1. The number of methoxy groups -OCH3 is 2. The smallest absolute Gasteiger partial charge is 0.419 e. The van der Waals surface area contributed by atoms with E-state index in [4.69, 9.17) is 9.47 Å². The molecule has 1 heterocycles. The maximum absolute atomic E-state index is 11.9. The number of amides is 1. The summed E-state index contributed by atoms with van der Waals surface area (Å²) in [4.78, 5) is 24.5. The van der Waals surface area contributed by atoms with Gasteiger partial charge in [0, 0.05) is 14.0 Å². The van der Waals surface area contributed by atoms with Crippen LogP contribution < -0.4 is 0 Å². The highest BCUT2D eigenvalue weighted by atomic mass is 16.8. The van der Waals surface area contributed by atoms with Crippen molar-refractivity contribution in [2.24, 2.45) is 0 Å². The van der Waals surface area contributed by atoms with Crippen molar-refractivity contribution >= 4 is 12.1 Å². The molecule has 0 aromatic carbocycles. The number of ether oxygens (including phenoxy) is 3. The highest BCUT2D eigenvalue weighted by Gasteiger charge is 2.62. The van der Waals surface area contributed by atoms with Crippen molar-refractivity contribution < 1.29 is 28.9 Å². The van der Waals surface area contributed by atoms with Gasteiger partial charge in [-0.25, -0.2) is 14.5 Å². The molecule has 0 spiro atoms. The van der Waals surface area contributed by atoms with E-state index in [-0.39, 0.29) is 5.70 Å². The molecule has 19 heavy (non-hydrogen) atoms. The van der Waals surface area contributed by atoms with Gasteiger partial charge in [0.1, 0.15) is 5.70 Å². The molecule has 7 heteroatoms. The Kier molecular flexibility index (Phi) is 4.21. The van der Waals surface area contributed by atoms with E-state index >= 15 is 0 Å². The lowest BCUT2D eigenvalue weighted by molar-refractivity contribution is -0.258. The number of nitrogens with zero attached hydrogens (tertiary/aromatic N) is 1. The van der Waals surface area contributed by atoms with Crippen LogP contribution in [0.1, 0.15) is 27.2 Å². The molecule has 1 amide bonds. The number of cyclic esters (lactones) is 1. The number of hydrogen-bond donors (Lipinski definition) is 1. The lowest BCUT2D eigenvalue weighted by Crippen LogP contribution is -2.56. The van der Waals surface area contributed by atoms with E-state index in [1.165, 1.54) is 34.1 Å². The van der Waals surface area contributed by atoms with Gasteiger partial charge < -0.3 is 19.3 Å². The normalized spacial score (nSPS) is 31.4. The molecule has 0 aromatic rings. The Bertz CT molecular complexity index is 416. The summed E-state index contributed by atoms with van der Waals surface area (Å²) in [6, 6.07) is 0. The van der Waals surface area contributed by atoms with Crippen LogP contribution >= 0.6 is 0 Å². The Hall–Kier alpha value is -1.60. The Morgan fingerprint density at radius 3 is 2.42 bits per heavy atom. The minimum absolute atomic E-state index is 0.0826. The highest BCUT2D eigenvalue weighted by molar-refractivity contribution is 5.93. The van der Waals surface area contributed by atoms with Crippen molar-refractivity contribution in [1.29, 1.82) is 0 Å². The summed E-state index contributed by atoms with van der Waals surface area (Å²) in [6.45, 7) is 4.52. The van der Waals surface area contributed by atoms with E-state index in [0.29, 0.717) is 6.42 Å². The van der Waals surface area contributed by atoms with Crippen molar-refractivity contribution in [1.82, 2.24) is 4.90 Å². The van der Waals surface area contributed by atoms with E-state index in [0.717, 1.165) is 4.90 Å². The second kappa shape index (κ2) is 5.18. The highest BCUT2D eigenvalue weighted by Crippen LogP contribution is 2.40. The molecule has 0 bridgehead atoms. The number of esters is 1. The minimum atomic E-state index is -1.84. The monoisotopic (exact) mass is 273 g/mol. The first kappa shape index (κ1) is 15.5. The molecule has 1 rings (SSSR count). The van der Waals surface area contributed by atoms with E-state index in [9.17, 15) is 14.7 Å². The van der Waals surface area contributed by atoms with Gasteiger partial charge in [0.15, 0.2) is 0 Å². The standard InChI is InChI=1S/C12H19NO6/c1-6-7-8(9(14)17-4)13-10(15)19-12(3,18-5)11(13,2)16/h7,16H,6H2,1-5H3/b8-7+/t11-,12+/m0/s1. The summed E-state index contributed by atoms with van der Waals surface area (Å²) in [6.07, 6.45) is 1.08. The number of allylic oxidation sites excluding steroid dienone is 1. The van der Waals surface area contributed by atoms with E-state index in [1.54, 1.807) is 6.92 Å². The molecule has 0 unspecified atom stereocenters. The van der Waals surface area contributed by atoms with Crippen molar-refractivity contribution in [3.8, 4) is 0 Å². The quantitative estimate of drug-likeness (QED) is 0.607. The molecule has 0 radical (unpaired) electrons. The largest absolute Gasteiger partial charge is 0.464 e. The summed E-state index contributed by atoms with van der Waals surface area (Å²) < 4.78 is 14.7. The Morgan fingerprint density at radius 1 is 1.47 bits per heavy atom. The van der Waals surface area contributed by atoms with Crippen LogP contribution in [0.2, 0.25) is 0 Å². The summed E-state index contributed by atoms with van der Waals surface area (Å²) >= 11 is 0. The van der Waals surface area contributed by atoms with Crippen molar-refractivity contribution in [2.45, 2.75) is 38.7 Å². The van der Waals surface area contributed by atoms with Crippen molar-refractivity contribution in [2.75, 3.05) is 14.2 Å². The molecular weight excluding hydrogens is 254 g/mol. The van der Waals surface area contributed by atoms with Gasteiger partial charge in [-0.05, 0) is 13.3 Å². The zero-order chi connectivity index (χ0) is 14.8. The van der Waals surface area contributed by atoms with Gasteiger partial charge in [0.2, 0.25) is 5.72 Å². The van der Waals surface area contributed by atoms with Crippen molar-refractivity contribution in [3.63, 3.8) is 0 Å². The molecule has 1 aliphatic heterocycles. The average Bonchev–Trinajstić information content (AvgIpc) is 2.53. The SMILES string of the molecule is CC/C=C(\C(=O)OC)N1C(=O)O[C@@](C)(OC)[C@]1(C)O. The van der Waals surface area contributed by atoms with Gasteiger partial charge in [0.05, 0.1) is 7.11 Å². The van der Waals surface area contributed by atoms with Gasteiger partial charge >= 0.3 is 12.1 Å². The van der Waals surface area contributed by atoms with Crippen LogP contribution in [0.5, 0.6) is 0 Å². The number of carbonyl (C=O) groups is 2. The Balaban J connectivity index is 3.28. The molecule has 1 aliphatic rings. The predicted molar refractivity (Wildman–Crippen MR) is 64.7 cm³/mol. The van der Waals surface area contributed by atoms with Crippen LogP contribution in [0.15, 0.2) is 11.8 Å². The molecule has 1 saturated heterocycles. The van der Waals surface area contributed by atoms with Gasteiger partial charge in [0.25, 0.3) is 5.79 Å². The average molecular weight is 273 g/mol. The third kappa shape index (κ3) is 2.31. The number of hydrogen-bond acceptors (Lipinski definition) is 6. The molecule has 1 N–H and O–H groups in total. The van der Waals surface area contributed by atoms with Crippen LogP contribution in [0.3, 0.4) is 0 Å². The van der Waals surface area contributed by atoms with Gasteiger partial charge in [-0.1, -0.05) is 13.0 Å². The Labute approximate surface area is 111 Å². The van der Waals surface area contributed by atoms with Crippen LogP contribution in [0.4, 0.5) is 4.79 Å². The summed E-state index contributed by atoms with van der Waals surface area (Å²) in [5, 5.41) is 10.5. The summed E-state index contributed by atoms with van der Waals surface area (Å²) in [5.41, 5.74) is -1.92. The number of rotatable bonds is 4. The summed E-state index contributed by atoms with van der Waals surface area (Å²) in [5.74, 6) is -2.32. The molecule has 0 aliphatic carbocycles. The molecule has 1 fully saturated rings.